The fourth-order valence-corrected chi connectivity index (χ4v) is 1.13. The predicted molar refractivity (Wildman–Crippen MR) is 55.1 cm³/mol. The first-order chi connectivity index (χ1) is 8.46. The van der Waals surface area contributed by atoms with Crippen LogP contribution in [0.4, 0.5) is 4.39 Å². The van der Waals surface area contributed by atoms with Gasteiger partial charge in [-0.15, -0.1) is 0 Å². The van der Waals surface area contributed by atoms with E-state index in [1.807, 2.05) is 0 Å². The summed E-state index contributed by atoms with van der Waals surface area (Å²) in [7, 11) is 0. The highest BCUT2D eigenvalue weighted by Gasteiger charge is 2.31. The molecule has 104 valence electrons. The Morgan fingerprint density at radius 1 is 1.28 bits per heavy atom. The van der Waals surface area contributed by atoms with Crippen LogP contribution in [0.1, 0.15) is 6.92 Å². The molecule has 0 amide bonds. The van der Waals surface area contributed by atoms with Crippen LogP contribution < -0.4 is 0 Å². The van der Waals surface area contributed by atoms with E-state index in [0.29, 0.717) is 0 Å². The lowest BCUT2D eigenvalue weighted by Gasteiger charge is -2.23. The summed E-state index contributed by atoms with van der Waals surface area (Å²) in [5, 5.41) is 16.9. The molecule has 0 fully saturated rings. The fourth-order valence-electron chi connectivity index (χ4n) is 1.13. The van der Waals surface area contributed by atoms with Gasteiger partial charge in [-0.05, 0) is 0 Å². The Bertz CT molecular complexity index is 294. The van der Waals surface area contributed by atoms with Crippen LogP contribution in [0.5, 0.6) is 0 Å². The van der Waals surface area contributed by atoms with Crippen molar-refractivity contribution in [2.45, 2.75) is 19.2 Å². The van der Waals surface area contributed by atoms with Crippen molar-refractivity contribution >= 4 is 18.2 Å². The zero-order chi connectivity index (χ0) is 14.1. The lowest BCUT2D eigenvalue weighted by atomic mass is 10.0. The third-order valence-electron chi connectivity index (χ3n) is 2.04. The van der Waals surface area contributed by atoms with Gasteiger partial charge in [-0.1, -0.05) is 6.92 Å². The van der Waals surface area contributed by atoms with Crippen LogP contribution in [-0.4, -0.2) is 60.5 Å². The number of ether oxygens (including phenoxy) is 2. The van der Waals surface area contributed by atoms with Crippen LogP contribution in [0.25, 0.3) is 0 Å². The smallest absolute Gasteiger partial charge is 0.332 e. The van der Waals surface area contributed by atoms with Crippen LogP contribution in [0.2, 0.25) is 0 Å². The number of alkyl halides is 1. The van der Waals surface area contributed by atoms with Gasteiger partial charge in [0.2, 0.25) is 0 Å². The predicted octanol–water partition coefficient (Wildman–Crippen LogP) is -1.40. The third-order valence-corrected chi connectivity index (χ3v) is 2.04. The number of esters is 2. The Balaban J connectivity index is 4.49. The lowest BCUT2D eigenvalue weighted by molar-refractivity contribution is -0.163. The molecule has 0 bridgehead atoms. The monoisotopic (exact) mass is 266 g/mol. The van der Waals surface area contributed by atoms with E-state index in [0.717, 1.165) is 0 Å². The molecule has 0 spiro atoms. The minimum atomic E-state index is -2.09. The molecule has 0 aromatic carbocycles. The topological polar surface area (TPSA) is 110 Å². The zero-order valence-corrected chi connectivity index (χ0v) is 9.74. The highest BCUT2D eigenvalue weighted by atomic mass is 19.1. The Kier molecular flexibility index (Phi) is 7.81. The number of aldehydes is 1. The average Bonchev–Trinajstić information content (AvgIpc) is 2.40. The molecule has 0 aliphatic carbocycles. The molecule has 0 unspecified atom stereocenters. The first-order valence-electron chi connectivity index (χ1n) is 5.12. The van der Waals surface area contributed by atoms with Gasteiger partial charge in [-0.25, -0.2) is 14.0 Å². The molecule has 8 heteroatoms. The molecule has 0 aromatic rings. The first kappa shape index (κ1) is 16.5. The number of halogens is 1. The zero-order valence-electron chi connectivity index (χ0n) is 9.74. The summed E-state index contributed by atoms with van der Waals surface area (Å²) in [6, 6.07) is 0. The van der Waals surface area contributed by atoms with Gasteiger partial charge in [-0.3, -0.25) is 4.79 Å². The van der Waals surface area contributed by atoms with E-state index in [-0.39, 0.29) is 12.9 Å². The molecule has 3 atom stereocenters. The van der Waals surface area contributed by atoms with E-state index in [9.17, 15) is 18.8 Å². The van der Waals surface area contributed by atoms with Gasteiger partial charge in [0.1, 0.15) is 19.3 Å². The third kappa shape index (κ3) is 5.69. The Morgan fingerprint density at radius 3 is 2.28 bits per heavy atom. The van der Waals surface area contributed by atoms with Crippen LogP contribution in [0.15, 0.2) is 0 Å². The molecule has 2 N–H and O–H groups in total. The highest BCUT2D eigenvalue weighted by molar-refractivity contribution is 5.71. The molecule has 0 radical (unpaired) electrons. The van der Waals surface area contributed by atoms with E-state index < -0.39 is 43.3 Å². The van der Waals surface area contributed by atoms with Crippen LogP contribution in [-0.2, 0) is 23.9 Å². The second-order valence-corrected chi connectivity index (χ2v) is 3.51. The molecular weight excluding hydrogens is 251 g/mol. The van der Waals surface area contributed by atoms with Crippen molar-refractivity contribution in [3.05, 3.63) is 0 Å². The van der Waals surface area contributed by atoms with Crippen molar-refractivity contribution in [3.63, 3.8) is 0 Å². The van der Waals surface area contributed by atoms with Crippen LogP contribution in [0, 0.1) is 5.92 Å². The van der Waals surface area contributed by atoms with Gasteiger partial charge in [0.15, 0.2) is 12.5 Å². The summed E-state index contributed by atoms with van der Waals surface area (Å²) < 4.78 is 22.3. The quantitative estimate of drug-likeness (QED) is 0.410. The summed E-state index contributed by atoms with van der Waals surface area (Å²) >= 11 is 0. The van der Waals surface area contributed by atoms with Gasteiger partial charge in [0.05, 0.1) is 6.61 Å². The van der Waals surface area contributed by atoms with E-state index in [4.69, 9.17) is 10.2 Å². The fraction of sp³-hybridized carbons (Fsp3) is 0.700. The number of rotatable bonds is 8. The molecule has 18 heavy (non-hydrogen) atoms. The highest BCUT2D eigenvalue weighted by Crippen LogP contribution is 2.14. The second-order valence-electron chi connectivity index (χ2n) is 3.51. The van der Waals surface area contributed by atoms with Gasteiger partial charge >= 0.3 is 11.9 Å². The number of aliphatic hydroxyl groups excluding tert-OH is 2. The van der Waals surface area contributed by atoms with Crippen molar-refractivity contribution in [1.29, 1.82) is 0 Å². The van der Waals surface area contributed by atoms with Crippen molar-refractivity contribution < 1.29 is 38.5 Å². The van der Waals surface area contributed by atoms with E-state index in [2.05, 4.69) is 9.47 Å². The van der Waals surface area contributed by atoms with Gasteiger partial charge in [0.25, 0.3) is 0 Å². The molecule has 0 aromatic heterocycles. The largest absolute Gasteiger partial charge is 0.464 e. The SMILES string of the molecule is C[C@@H](COC(=O)CO)[C@@H](OC(=O)CO)[C@H](F)C=O. The van der Waals surface area contributed by atoms with Gasteiger partial charge in [-0.2, -0.15) is 0 Å². The molecule has 0 aliphatic rings. The Labute approximate surface area is 102 Å². The maximum absolute atomic E-state index is 13.2. The minimum absolute atomic E-state index is 0.0559. The summed E-state index contributed by atoms with van der Waals surface area (Å²) in [5.74, 6) is -2.82. The van der Waals surface area contributed by atoms with Crippen molar-refractivity contribution in [2.75, 3.05) is 19.8 Å². The van der Waals surface area contributed by atoms with E-state index in [1.165, 1.54) is 6.92 Å². The molecule has 0 saturated heterocycles. The second kappa shape index (κ2) is 8.54. The molecular formula is C10H15FO7. The minimum Gasteiger partial charge on any atom is -0.464 e. The average molecular weight is 266 g/mol. The van der Waals surface area contributed by atoms with Crippen LogP contribution in [0.3, 0.4) is 0 Å². The molecule has 0 saturated carbocycles. The molecule has 7 nitrogen and oxygen atoms in total. The standard InChI is InChI=1S/C10H15FO7/c1-6(5-17-8(15)3-13)10(7(11)2-12)18-9(16)4-14/h2,6-7,10,13-14H,3-5H2,1H3/t6-,7+,10+/m0/s1. The summed E-state index contributed by atoms with van der Waals surface area (Å²) in [4.78, 5) is 31.9. The van der Waals surface area contributed by atoms with Gasteiger partial charge < -0.3 is 19.7 Å². The Hall–Kier alpha value is -1.54. The van der Waals surface area contributed by atoms with Crippen molar-refractivity contribution in [1.82, 2.24) is 0 Å². The molecule has 0 rings (SSSR count). The lowest BCUT2D eigenvalue weighted by Crippen LogP contribution is -2.38. The van der Waals surface area contributed by atoms with Crippen molar-refractivity contribution in [2.24, 2.45) is 5.92 Å². The maximum atomic E-state index is 13.2. The van der Waals surface area contributed by atoms with E-state index >= 15 is 0 Å². The molecule has 0 heterocycles. The number of hydrogen-bond donors (Lipinski definition) is 2. The number of aliphatic hydroxyl groups is 2. The first-order valence-corrected chi connectivity index (χ1v) is 5.12. The van der Waals surface area contributed by atoms with Gasteiger partial charge in [0, 0.05) is 5.92 Å². The number of carbonyl (C=O) groups is 3. The van der Waals surface area contributed by atoms with E-state index in [1.54, 1.807) is 0 Å². The number of carbonyl (C=O) groups excluding carboxylic acids is 3. The number of hydrogen-bond acceptors (Lipinski definition) is 7. The normalized spacial score (nSPS) is 15.3. The summed E-state index contributed by atoms with van der Waals surface area (Å²) in [6.07, 6.45) is -3.61. The summed E-state index contributed by atoms with van der Waals surface area (Å²) in [5.41, 5.74) is 0. The van der Waals surface area contributed by atoms with Crippen LogP contribution >= 0.6 is 0 Å². The van der Waals surface area contributed by atoms with Crippen molar-refractivity contribution in [3.8, 4) is 0 Å². The molecule has 0 aliphatic heterocycles. The summed E-state index contributed by atoms with van der Waals surface area (Å²) in [6.45, 7) is -0.737. The Morgan fingerprint density at radius 2 is 1.83 bits per heavy atom. The maximum Gasteiger partial charge on any atom is 0.332 e.